The summed E-state index contributed by atoms with van der Waals surface area (Å²) in [4.78, 5) is 3.27. The van der Waals surface area contributed by atoms with Gasteiger partial charge in [0.2, 0.25) is 12.2 Å². The van der Waals surface area contributed by atoms with Gasteiger partial charge in [0.05, 0.1) is 0 Å². The van der Waals surface area contributed by atoms with E-state index in [9.17, 15) is 0 Å². The number of hydrogen-bond donors (Lipinski definition) is 2. The van der Waals surface area contributed by atoms with Gasteiger partial charge in [-0.2, -0.15) is 9.62 Å². The molecule has 0 amide bonds. The van der Waals surface area contributed by atoms with Crippen LogP contribution in [-0.2, 0) is 9.62 Å². The molecule has 3 N–H and O–H groups in total. The SMILES string of the molecule is N#CN=C(N)N=S1(=N)CCCC1. The zero-order valence-electron chi connectivity index (χ0n) is 6.66. The van der Waals surface area contributed by atoms with Gasteiger partial charge in [-0.25, -0.2) is 0 Å². The van der Waals surface area contributed by atoms with Crippen molar-refractivity contribution in [2.45, 2.75) is 12.8 Å². The molecule has 0 atom stereocenters. The second-order valence-corrected chi connectivity index (χ2v) is 5.30. The second kappa shape index (κ2) is 3.54. The van der Waals surface area contributed by atoms with Crippen LogP contribution in [0.4, 0.5) is 0 Å². The Hall–Kier alpha value is -1.09. The molecule has 1 heterocycles. The fourth-order valence-electron chi connectivity index (χ4n) is 1.13. The average Bonchev–Trinajstić information content (AvgIpc) is 2.36. The molecule has 0 spiro atoms. The van der Waals surface area contributed by atoms with Crippen LogP contribution < -0.4 is 5.73 Å². The Labute approximate surface area is 71.9 Å². The van der Waals surface area contributed by atoms with E-state index in [1.807, 2.05) is 0 Å². The highest BCUT2D eigenvalue weighted by atomic mass is 32.2. The zero-order chi connectivity index (χ0) is 9.03. The molecule has 66 valence electrons. The highest BCUT2D eigenvalue weighted by molar-refractivity contribution is 7.95. The molecule has 0 bridgehead atoms. The number of guanidine groups is 1. The van der Waals surface area contributed by atoms with Gasteiger partial charge in [-0.3, -0.25) is 4.78 Å². The molecule has 0 saturated carbocycles. The van der Waals surface area contributed by atoms with E-state index in [0.29, 0.717) is 0 Å². The van der Waals surface area contributed by atoms with Gasteiger partial charge in [0.1, 0.15) is 0 Å². The predicted octanol–water partition coefficient (Wildman–Crippen LogP) is 0.676. The van der Waals surface area contributed by atoms with E-state index < -0.39 is 9.62 Å². The summed E-state index contributed by atoms with van der Waals surface area (Å²) in [5.74, 6) is 1.56. The first-order valence-electron chi connectivity index (χ1n) is 3.65. The van der Waals surface area contributed by atoms with E-state index in [0.717, 1.165) is 24.3 Å². The molecular formula is C6H11N5S. The third-order valence-corrected chi connectivity index (χ3v) is 4.11. The Morgan fingerprint density at radius 2 is 2.08 bits per heavy atom. The number of nitrogens with two attached hydrogens (primary N) is 1. The number of nitrogens with zero attached hydrogens (tertiary/aromatic N) is 3. The molecule has 1 rings (SSSR count). The summed E-state index contributed by atoms with van der Waals surface area (Å²) in [7, 11) is -1.66. The number of aliphatic imine (C=N–C) groups is 1. The molecule has 0 aromatic carbocycles. The van der Waals surface area contributed by atoms with Crippen LogP contribution in [0, 0.1) is 16.2 Å². The van der Waals surface area contributed by atoms with E-state index in [1.165, 1.54) is 0 Å². The molecule has 5 nitrogen and oxygen atoms in total. The first-order chi connectivity index (χ1) is 5.66. The molecule has 1 aliphatic heterocycles. The van der Waals surface area contributed by atoms with Gasteiger partial charge in [-0.15, -0.1) is 4.99 Å². The van der Waals surface area contributed by atoms with E-state index in [2.05, 4.69) is 9.36 Å². The number of hydrogen-bond acceptors (Lipinski definition) is 3. The monoisotopic (exact) mass is 185 g/mol. The van der Waals surface area contributed by atoms with Crippen molar-refractivity contribution in [3.05, 3.63) is 0 Å². The highest BCUT2D eigenvalue weighted by Crippen LogP contribution is 2.13. The largest absolute Gasteiger partial charge is 0.367 e. The lowest BCUT2D eigenvalue weighted by Gasteiger charge is -2.01. The molecule has 0 radical (unpaired) electrons. The Kier molecular flexibility index (Phi) is 2.65. The Balaban J connectivity index is 2.89. The van der Waals surface area contributed by atoms with Gasteiger partial charge in [-0.1, -0.05) is 9.62 Å². The van der Waals surface area contributed by atoms with Crippen molar-refractivity contribution >= 4 is 15.6 Å². The lowest BCUT2D eigenvalue weighted by atomic mass is 10.4. The van der Waals surface area contributed by atoms with Crippen molar-refractivity contribution < 1.29 is 0 Å². The minimum Gasteiger partial charge on any atom is -0.367 e. The number of nitriles is 1. The van der Waals surface area contributed by atoms with E-state index in [1.54, 1.807) is 6.19 Å². The summed E-state index contributed by atoms with van der Waals surface area (Å²) >= 11 is 0. The van der Waals surface area contributed by atoms with E-state index in [4.69, 9.17) is 15.8 Å². The molecule has 0 aliphatic carbocycles. The second-order valence-electron chi connectivity index (χ2n) is 2.62. The van der Waals surface area contributed by atoms with Crippen LogP contribution in [0.5, 0.6) is 0 Å². The van der Waals surface area contributed by atoms with Crippen molar-refractivity contribution in [3.63, 3.8) is 0 Å². The predicted molar refractivity (Wildman–Crippen MR) is 48.7 cm³/mol. The van der Waals surface area contributed by atoms with Crippen molar-refractivity contribution in [1.29, 1.82) is 10.0 Å². The first-order valence-corrected chi connectivity index (χ1v) is 5.58. The molecule has 12 heavy (non-hydrogen) atoms. The maximum Gasteiger partial charge on any atom is 0.237 e. The maximum absolute atomic E-state index is 8.17. The molecule has 0 aromatic heterocycles. The third-order valence-electron chi connectivity index (χ3n) is 1.65. The third kappa shape index (κ3) is 2.20. The van der Waals surface area contributed by atoms with Crippen LogP contribution in [0.2, 0.25) is 0 Å². The molecular weight excluding hydrogens is 174 g/mol. The lowest BCUT2D eigenvalue weighted by molar-refractivity contribution is 0.949. The standard InChI is InChI=1S/C6H11N5S/c7-5-10-6(8)11-12(9)3-1-2-4-12/h9H,1-4H2,(H2,8,10). The minimum atomic E-state index is -1.66. The van der Waals surface area contributed by atoms with Crippen LogP contribution in [0.1, 0.15) is 12.8 Å². The minimum absolute atomic E-state index is 0.0376. The highest BCUT2D eigenvalue weighted by Gasteiger charge is 2.12. The van der Waals surface area contributed by atoms with Gasteiger partial charge >= 0.3 is 0 Å². The van der Waals surface area contributed by atoms with Crippen LogP contribution in [-0.4, -0.2) is 17.5 Å². The summed E-state index contributed by atoms with van der Waals surface area (Å²) in [5, 5.41) is 8.17. The van der Waals surface area contributed by atoms with Gasteiger partial charge < -0.3 is 5.73 Å². The van der Waals surface area contributed by atoms with E-state index >= 15 is 0 Å². The van der Waals surface area contributed by atoms with Crippen LogP contribution in [0.15, 0.2) is 9.36 Å². The normalized spacial score (nSPS) is 21.8. The van der Waals surface area contributed by atoms with Crippen LogP contribution in [0.25, 0.3) is 0 Å². The molecule has 1 fully saturated rings. The summed E-state index contributed by atoms with van der Waals surface area (Å²) in [6.07, 6.45) is 3.65. The average molecular weight is 185 g/mol. The van der Waals surface area contributed by atoms with Crippen molar-refractivity contribution in [2.75, 3.05) is 11.5 Å². The van der Waals surface area contributed by atoms with Gasteiger partial charge in [0, 0.05) is 11.5 Å². The quantitative estimate of drug-likeness (QED) is 0.329. The Morgan fingerprint density at radius 1 is 1.50 bits per heavy atom. The van der Waals surface area contributed by atoms with E-state index in [-0.39, 0.29) is 5.96 Å². The fraction of sp³-hybridized carbons (Fsp3) is 0.667. The Morgan fingerprint density at radius 3 is 2.58 bits per heavy atom. The smallest absolute Gasteiger partial charge is 0.237 e. The summed E-state index contributed by atoms with van der Waals surface area (Å²) < 4.78 is 11.8. The molecule has 0 unspecified atom stereocenters. The molecule has 0 aromatic rings. The van der Waals surface area contributed by atoms with Crippen molar-refractivity contribution in [3.8, 4) is 6.19 Å². The van der Waals surface area contributed by atoms with Crippen LogP contribution in [0.3, 0.4) is 0 Å². The summed E-state index contributed by atoms with van der Waals surface area (Å²) in [6, 6.07) is 0. The number of rotatable bonds is 0. The molecule has 6 heteroatoms. The molecule has 1 aliphatic rings. The maximum atomic E-state index is 8.17. The van der Waals surface area contributed by atoms with Crippen molar-refractivity contribution in [1.82, 2.24) is 0 Å². The van der Waals surface area contributed by atoms with Gasteiger partial charge in [0.25, 0.3) is 0 Å². The Bertz CT molecular complexity index is 329. The zero-order valence-corrected chi connectivity index (χ0v) is 7.47. The summed E-state index contributed by atoms with van der Waals surface area (Å²) in [6.45, 7) is 0. The fourth-order valence-corrected chi connectivity index (χ4v) is 3.27. The van der Waals surface area contributed by atoms with Crippen LogP contribution >= 0.6 is 0 Å². The number of nitrogens with one attached hydrogen (secondary N) is 1. The van der Waals surface area contributed by atoms with Gasteiger partial charge in [0.15, 0.2) is 0 Å². The summed E-state index contributed by atoms with van der Waals surface area (Å²) in [5.41, 5.74) is 5.31. The van der Waals surface area contributed by atoms with Gasteiger partial charge in [-0.05, 0) is 12.8 Å². The first kappa shape index (κ1) is 9.00. The van der Waals surface area contributed by atoms with Crippen molar-refractivity contribution in [2.24, 2.45) is 15.1 Å². The molecule has 1 saturated heterocycles. The lowest BCUT2D eigenvalue weighted by Crippen LogP contribution is -2.12. The topological polar surface area (TPSA) is 98.4 Å².